The zero-order chi connectivity index (χ0) is 15.2. The van der Waals surface area contributed by atoms with E-state index in [1.165, 1.54) is 0 Å². The molecule has 2 rings (SSSR count). The summed E-state index contributed by atoms with van der Waals surface area (Å²) in [5, 5.41) is 10.2. The Bertz CT molecular complexity index is 663. The van der Waals surface area contributed by atoms with Gasteiger partial charge in [0.2, 0.25) is 0 Å². The summed E-state index contributed by atoms with van der Waals surface area (Å²) in [6.07, 6.45) is 0.299. The molecular weight excluding hydrogens is 272 g/mol. The van der Waals surface area contributed by atoms with Crippen molar-refractivity contribution in [2.45, 2.75) is 19.3 Å². The molecule has 0 aliphatic rings. The molecule has 5 nitrogen and oxygen atoms in total. The first-order chi connectivity index (χ1) is 10.1. The zero-order valence-corrected chi connectivity index (χ0v) is 11.7. The predicted octanol–water partition coefficient (Wildman–Crippen LogP) is 3.01. The Morgan fingerprint density at radius 1 is 1.00 bits per heavy atom. The van der Waals surface area contributed by atoms with Crippen LogP contribution < -0.4 is 9.47 Å². The Kier molecular flexibility index (Phi) is 4.77. The number of carboxylic acid groups (broad SMARTS) is 1. The van der Waals surface area contributed by atoms with Gasteiger partial charge < -0.3 is 14.6 Å². The van der Waals surface area contributed by atoms with Crippen molar-refractivity contribution in [2.75, 3.05) is 7.11 Å². The number of fused-ring (bicyclic) bond motifs is 1. The molecule has 0 saturated heterocycles. The molecule has 0 radical (unpaired) electrons. The third kappa shape index (κ3) is 3.72. The second kappa shape index (κ2) is 6.74. The highest BCUT2D eigenvalue weighted by molar-refractivity contribution is 5.94. The number of benzene rings is 2. The maximum atomic E-state index is 11.7. The number of aliphatic carboxylic acids is 1. The standard InChI is InChI=1S/C16H16O5/c1-20-13-9-10-14(12-6-3-2-5-11(12)13)21-16(19)8-4-7-15(17)18/h2-3,5-6,9-10H,4,7-8H2,1H3,(H,17,18). The van der Waals surface area contributed by atoms with Crippen molar-refractivity contribution in [1.29, 1.82) is 0 Å². The van der Waals surface area contributed by atoms with Crippen molar-refractivity contribution >= 4 is 22.7 Å². The molecule has 0 spiro atoms. The van der Waals surface area contributed by atoms with Crippen LogP contribution in [0.15, 0.2) is 36.4 Å². The summed E-state index contributed by atoms with van der Waals surface area (Å²) < 4.78 is 10.6. The van der Waals surface area contributed by atoms with Crippen LogP contribution in [0.4, 0.5) is 0 Å². The fourth-order valence-corrected chi connectivity index (χ4v) is 2.07. The second-order valence-electron chi connectivity index (χ2n) is 4.53. The van der Waals surface area contributed by atoms with Crippen LogP contribution in [0.1, 0.15) is 19.3 Å². The third-order valence-electron chi connectivity index (χ3n) is 3.06. The van der Waals surface area contributed by atoms with Gasteiger partial charge in [-0.1, -0.05) is 24.3 Å². The highest BCUT2D eigenvalue weighted by Gasteiger charge is 2.11. The van der Waals surface area contributed by atoms with Crippen LogP contribution in [0.3, 0.4) is 0 Å². The van der Waals surface area contributed by atoms with Gasteiger partial charge in [-0.25, -0.2) is 0 Å². The SMILES string of the molecule is COc1ccc(OC(=O)CCCC(=O)O)c2ccccc12. The lowest BCUT2D eigenvalue weighted by Crippen LogP contribution is -2.09. The van der Waals surface area contributed by atoms with Crippen molar-refractivity contribution in [3.63, 3.8) is 0 Å². The number of carbonyl (C=O) groups is 2. The summed E-state index contributed by atoms with van der Waals surface area (Å²) in [6, 6.07) is 10.9. The van der Waals surface area contributed by atoms with Crippen LogP contribution in [-0.2, 0) is 9.59 Å². The average molecular weight is 288 g/mol. The molecule has 0 aliphatic carbocycles. The van der Waals surface area contributed by atoms with Crippen molar-refractivity contribution < 1.29 is 24.2 Å². The number of rotatable bonds is 6. The molecule has 2 aromatic carbocycles. The van der Waals surface area contributed by atoms with E-state index in [0.717, 1.165) is 10.8 Å². The molecule has 5 heteroatoms. The Balaban J connectivity index is 2.15. The van der Waals surface area contributed by atoms with Crippen LogP contribution in [0.25, 0.3) is 10.8 Å². The molecule has 110 valence electrons. The number of hydrogen-bond acceptors (Lipinski definition) is 4. The molecular formula is C16H16O5. The Morgan fingerprint density at radius 2 is 1.62 bits per heavy atom. The number of methoxy groups -OCH3 is 1. The number of carbonyl (C=O) groups excluding carboxylic acids is 1. The van der Waals surface area contributed by atoms with Gasteiger partial charge in [0.05, 0.1) is 7.11 Å². The van der Waals surface area contributed by atoms with Gasteiger partial charge in [0.15, 0.2) is 0 Å². The minimum atomic E-state index is -0.919. The topological polar surface area (TPSA) is 72.8 Å². The third-order valence-corrected chi connectivity index (χ3v) is 3.06. The van der Waals surface area contributed by atoms with Crippen molar-refractivity contribution in [3.8, 4) is 11.5 Å². The van der Waals surface area contributed by atoms with Crippen molar-refractivity contribution in [1.82, 2.24) is 0 Å². The Morgan fingerprint density at radius 3 is 2.24 bits per heavy atom. The molecule has 0 fully saturated rings. The van der Waals surface area contributed by atoms with Gasteiger partial charge in [-0.05, 0) is 18.6 Å². The highest BCUT2D eigenvalue weighted by Crippen LogP contribution is 2.33. The first-order valence-corrected chi connectivity index (χ1v) is 6.60. The molecule has 0 saturated carbocycles. The molecule has 1 N–H and O–H groups in total. The summed E-state index contributed by atoms with van der Waals surface area (Å²) in [5.74, 6) is -0.202. The van der Waals surface area contributed by atoms with E-state index in [1.54, 1.807) is 19.2 Å². The first-order valence-electron chi connectivity index (χ1n) is 6.60. The predicted molar refractivity (Wildman–Crippen MR) is 77.6 cm³/mol. The molecule has 2 aromatic rings. The summed E-state index contributed by atoms with van der Waals surface area (Å²) in [6.45, 7) is 0. The van der Waals surface area contributed by atoms with E-state index >= 15 is 0 Å². The van der Waals surface area contributed by atoms with E-state index in [0.29, 0.717) is 11.5 Å². The summed E-state index contributed by atoms with van der Waals surface area (Å²) in [4.78, 5) is 22.2. The van der Waals surface area contributed by atoms with E-state index in [9.17, 15) is 9.59 Å². The van der Waals surface area contributed by atoms with Gasteiger partial charge in [-0.2, -0.15) is 0 Å². The molecule has 0 heterocycles. The Hall–Kier alpha value is -2.56. The van der Waals surface area contributed by atoms with Crippen LogP contribution in [0.5, 0.6) is 11.5 Å². The van der Waals surface area contributed by atoms with Crippen LogP contribution in [0.2, 0.25) is 0 Å². The minimum Gasteiger partial charge on any atom is -0.496 e. The second-order valence-corrected chi connectivity index (χ2v) is 4.53. The lowest BCUT2D eigenvalue weighted by molar-refractivity contribution is -0.137. The minimum absolute atomic E-state index is 0.0432. The average Bonchev–Trinajstić information content (AvgIpc) is 2.47. The smallest absolute Gasteiger partial charge is 0.311 e. The Labute approximate surface area is 122 Å². The van der Waals surface area contributed by atoms with Gasteiger partial charge in [0.1, 0.15) is 11.5 Å². The number of ether oxygens (including phenoxy) is 2. The summed E-state index contributed by atoms with van der Waals surface area (Å²) >= 11 is 0. The normalized spacial score (nSPS) is 10.3. The van der Waals surface area contributed by atoms with Gasteiger partial charge in [-0.15, -0.1) is 0 Å². The van der Waals surface area contributed by atoms with E-state index in [4.69, 9.17) is 14.6 Å². The fraction of sp³-hybridized carbons (Fsp3) is 0.250. The molecule has 0 aliphatic heterocycles. The molecule has 0 bridgehead atoms. The first kappa shape index (κ1) is 14.8. The molecule has 0 unspecified atom stereocenters. The summed E-state index contributed by atoms with van der Waals surface area (Å²) in [5.41, 5.74) is 0. The van der Waals surface area contributed by atoms with E-state index in [1.807, 2.05) is 24.3 Å². The van der Waals surface area contributed by atoms with Gasteiger partial charge >= 0.3 is 11.9 Å². The fourth-order valence-electron chi connectivity index (χ4n) is 2.07. The lowest BCUT2D eigenvalue weighted by atomic mass is 10.1. The molecule has 0 atom stereocenters. The highest BCUT2D eigenvalue weighted by atomic mass is 16.5. The van der Waals surface area contributed by atoms with Gasteiger partial charge in [0.25, 0.3) is 0 Å². The number of carboxylic acids is 1. The van der Waals surface area contributed by atoms with E-state index in [2.05, 4.69) is 0 Å². The summed E-state index contributed by atoms with van der Waals surface area (Å²) in [7, 11) is 1.58. The number of esters is 1. The van der Waals surface area contributed by atoms with E-state index in [-0.39, 0.29) is 19.3 Å². The quantitative estimate of drug-likeness (QED) is 0.653. The van der Waals surface area contributed by atoms with Gasteiger partial charge in [0, 0.05) is 23.6 Å². The molecule has 0 aromatic heterocycles. The zero-order valence-electron chi connectivity index (χ0n) is 11.7. The maximum absolute atomic E-state index is 11.7. The monoisotopic (exact) mass is 288 g/mol. The van der Waals surface area contributed by atoms with Crippen molar-refractivity contribution in [2.24, 2.45) is 0 Å². The van der Waals surface area contributed by atoms with E-state index < -0.39 is 11.9 Å². The largest absolute Gasteiger partial charge is 0.496 e. The maximum Gasteiger partial charge on any atom is 0.311 e. The molecule has 0 amide bonds. The lowest BCUT2D eigenvalue weighted by Gasteiger charge is -2.10. The number of hydrogen-bond donors (Lipinski definition) is 1. The van der Waals surface area contributed by atoms with Gasteiger partial charge in [-0.3, -0.25) is 9.59 Å². The van der Waals surface area contributed by atoms with Crippen molar-refractivity contribution in [3.05, 3.63) is 36.4 Å². The van der Waals surface area contributed by atoms with Crippen LogP contribution in [-0.4, -0.2) is 24.2 Å². The molecule has 21 heavy (non-hydrogen) atoms. The van der Waals surface area contributed by atoms with Crippen LogP contribution >= 0.6 is 0 Å². The van der Waals surface area contributed by atoms with Crippen LogP contribution in [0, 0.1) is 0 Å².